The Kier molecular flexibility index (Phi) is 6.11. The second kappa shape index (κ2) is 9.47. The topological polar surface area (TPSA) is 39.1 Å². The average Bonchev–Trinajstić information content (AvgIpc) is 3.26. The van der Waals surface area contributed by atoms with E-state index in [1.54, 1.807) is 7.11 Å². The fourth-order valence-corrected chi connectivity index (χ4v) is 4.77. The van der Waals surface area contributed by atoms with Gasteiger partial charge < -0.3 is 10.1 Å². The van der Waals surface area contributed by atoms with Crippen molar-refractivity contribution in [1.29, 1.82) is 0 Å². The summed E-state index contributed by atoms with van der Waals surface area (Å²) in [6.07, 6.45) is 8.82. The Bertz CT molecular complexity index is 1160. The molecule has 1 aliphatic rings. The summed E-state index contributed by atoms with van der Waals surface area (Å²) in [6.45, 7) is 1.57. The molecule has 0 unspecified atom stereocenters. The lowest BCUT2D eigenvalue weighted by Crippen LogP contribution is -2.05. The molecule has 4 aromatic rings. The van der Waals surface area contributed by atoms with Crippen molar-refractivity contribution in [3.63, 3.8) is 0 Å². The van der Waals surface area contributed by atoms with Gasteiger partial charge in [-0.3, -0.25) is 4.68 Å². The van der Waals surface area contributed by atoms with Gasteiger partial charge in [0.1, 0.15) is 5.75 Å². The molecule has 1 fully saturated rings. The minimum absolute atomic E-state index is 0.744. The molecule has 164 valence electrons. The van der Waals surface area contributed by atoms with Crippen LogP contribution in [0.3, 0.4) is 0 Å². The zero-order valence-electron chi connectivity index (χ0n) is 18.8. The second-order valence-corrected chi connectivity index (χ2v) is 8.85. The van der Waals surface area contributed by atoms with Crippen molar-refractivity contribution in [2.24, 2.45) is 0 Å². The largest absolute Gasteiger partial charge is 0.497 e. The van der Waals surface area contributed by atoms with Crippen LogP contribution in [-0.2, 0) is 13.1 Å². The smallest absolute Gasteiger partial charge is 0.118 e. The summed E-state index contributed by atoms with van der Waals surface area (Å²) in [5.74, 6) is 1.64. The summed E-state index contributed by atoms with van der Waals surface area (Å²) in [5.41, 5.74) is 6.30. The van der Waals surface area contributed by atoms with Crippen molar-refractivity contribution >= 4 is 16.6 Å². The maximum atomic E-state index is 5.25. The Morgan fingerprint density at radius 3 is 2.41 bits per heavy atom. The first-order valence-corrected chi connectivity index (χ1v) is 11.7. The maximum absolute atomic E-state index is 5.25. The molecule has 0 bridgehead atoms. The summed E-state index contributed by atoms with van der Waals surface area (Å²) in [7, 11) is 1.69. The Morgan fingerprint density at radius 1 is 0.906 bits per heavy atom. The molecule has 0 radical (unpaired) electrons. The SMILES string of the molecule is COc1ccc(Cn2ncc3cc(NCc4ccc(C5CCCCC5)cc4)ccc32)cc1. The van der Waals surface area contributed by atoms with Gasteiger partial charge in [-0.15, -0.1) is 0 Å². The van der Waals surface area contributed by atoms with E-state index in [-0.39, 0.29) is 0 Å². The lowest BCUT2D eigenvalue weighted by Gasteiger charge is -2.22. The van der Waals surface area contributed by atoms with Crippen molar-refractivity contribution < 1.29 is 4.74 Å². The van der Waals surface area contributed by atoms with Crippen LogP contribution >= 0.6 is 0 Å². The van der Waals surface area contributed by atoms with Gasteiger partial charge in [-0.05, 0) is 65.8 Å². The Morgan fingerprint density at radius 2 is 1.66 bits per heavy atom. The number of aromatic nitrogens is 2. The van der Waals surface area contributed by atoms with Gasteiger partial charge in [0.25, 0.3) is 0 Å². The van der Waals surface area contributed by atoms with E-state index >= 15 is 0 Å². The van der Waals surface area contributed by atoms with Gasteiger partial charge in [0, 0.05) is 17.6 Å². The minimum atomic E-state index is 0.744. The van der Waals surface area contributed by atoms with Crippen LogP contribution in [0.5, 0.6) is 5.75 Å². The second-order valence-electron chi connectivity index (χ2n) is 8.85. The van der Waals surface area contributed by atoms with Crippen molar-refractivity contribution in [2.75, 3.05) is 12.4 Å². The van der Waals surface area contributed by atoms with E-state index in [1.807, 2.05) is 23.0 Å². The predicted molar refractivity (Wildman–Crippen MR) is 131 cm³/mol. The third-order valence-electron chi connectivity index (χ3n) is 6.69. The van der Waals surface area contributed by atoms with E-state index in [1.165, 1.54) is 48.8 Å². The summed E-state index contributed by atoms with van der Waals surface area (Å²) in [4.78, 5) is 0. The van der Waals surface area contributed by atoms with Gasteiger partial charge >= 0.3 is 0 Å². The van der Waals surface area contributed by atoms with Crippen LogP contribution in [0.1, 0.15) is 54.7 Å². The van der Waals surface area contributed by atoms with E-state index in [2.05, 4.69) is 65.0 Å². The molecule has 1 saturated carbocycles. The van der Waals surface area contributed by atoms with Crippen molar-refractivity contribution in [1.82, 2.24) is 9.78 Å². The van der Waals surface area contributed by atoms with Crippen LogP contribution in [0.4, 0.5) is 5.69 Å². The number of hydrogen-bond acceptors (Lipinski definition) is 3. The molecule has 1 aliphatic carbocycles. The first kappa shape index (κ1) is 20.6. The van der Waals surface area contributed by atoms with E-state index in [0.29, 0.717) is 0 Å². The van der Waals surface area contributed by atoms with Crippen LogP contribution in [0.25, 0.3) is 10.9 Å². The van der Waals surface area contributed by atoms with Crippen LogP contribution in [-0.4, -0.2) is 16.9 Å². The van der Waals surface area contributed by atoms with Crippen molar-refractivity contribution in [2.45, 2.75) is 51.1 Å². The van der Waals surface area contributed by atoms with Gasteiger partial charge in [0.15, 0.2) is 0 Å². The van der Waals surface area contributed by atoms with Gasteiger partial charge in [0.05, 0.1) is 25.4 Å². The van der Waals surface area contributed by atoms with Gasteiger partial charge in [0.2, 0.25) is 0 Å². The maximum Gasteiger partial charge on any atom is 0.118 e. The molecular weight excluding hydrogens is 394 g/mol. The molecule has 1 N–H and O–H groups in total. The van der Waals surface area contributed by atoms with Crippen LogP contribution in [0, 0.1) is 0 Å². The summed E-state index contributed by atoms with van der Waals surface area (Å²) in [5, 5.41) is 9.33. The Labute approximate surface area is 190 Å². The van der Waals surface area contributed by atoms with E-state index < -0.39 is 0 Å². The highest BCUT2D eigenvalue weighted by molar-refractivity contribution is 5.82. The molecule has 1 heterocycles. The van der Waals surface area contributed by atoms with Crippen LogP contribution in [0.15, 0.2) is 72.9 Å². The monoisotopic (exact) mass is 425 g/mol. The average molecular weight is 426 g/mol. The van der Waals surface area contributed by atoms with Gasteiger partial charge in [-0.2, -0.15) is 5.10 Å². The highest BCUT2D eigenvalue weighted by Gasteiger charge is 2.15. The molecule has 0 amide bonds. The van der Waals surface area contributed by atoms with Crippen LogP contribution in [0.2, 0.25) is 0 Å². The minimum Gasteiger partial charge on any atom is -0.497 e. The molecular formula is C28H31N3O. The molecule has 0 atom stereocenters. The van der Waals surface area contributed by atoms with Crippen LogP contribution < -0.4 is 10.1 Å². The number of nitrogens with zero attached hydrogens (tertiary/aromatic N) is 2. The molecule has 4 nitrogen and oxygen atoms in total. The third kappa shape index (κ3) is 4.64. The number of benzene rings is 3. The highest BCUT2D eigenvalue weighted by Crippen LogP contribution is 2.32. The zero-order chi connectivity index (χ0) is 21.8. The first-order chi connectivity index (χ1) is 15.8. The van der Waals surface area contributed by atoms with E-state index in [0.717, 1.165) is 41.3 Å². The highest BCUT2D eigenvalue weighted by atomic mass is 16.5. The van der Waals surface area contributed by atoms with E-state index in [4.69, 9.17) is 4.74 Å². The molecule has 0 spiro atoms. The summed E-state index contributed by atoms with van der Waals surface area (Å²) in [6, 6.07) is 23.9. The normalized spacial score (nSPS) is 14.5. The van der Waals surface area contributed by atoms with Crippen molar-refractivity contribution in [3.05, 3.63) is 89.6 Å². The van der Waals surface area contributed by atoms with E-state index in [9.17, 15) is 0 Å². The Balaban J connectivity index is 1.22. The standard InChI is InChI=1S/C28H31N3O/c1-32-27-14-9-22(10-15-27)20-31-28-16-13-26(17-25(28)19-30-31)29-18-21-7-11-24(12-8-21)23-5-3-2-4-6-23/h7-17,19,23,29H,2-6,18,20H2,1H3. The van der Waals surface area contributed by atoms with Gasteiger partial charge in [-0.25, -0.2) is 0 Å². The number of nitrogens with one attached hydrogen (secondary N) is 1. The van der Waals surface area contributed by atoms with Gasteiger partial charge in [-0.1, -0.05) is 55.7 Å². The summed E-state index contributed by atoms with van der Waals surface area (Å²) < 4.78 is 7.29. The molecule has 0 saturated heterocycles. The number of hydrogen-bond donors (Lipinski definition) is 1. The van der Waals surface area contributed by atoms with Crippen molar-refractivity contribution in [3.8, 4) is 5.75 Å². The molecule has 5 rings (SSSR count). The lowest BCUT2D eigenvalue weighted by molar-refractivity contribution is 0.414. The number of methoxy groups -OCH3 is 1. The zero-order valence-corrected chi connectivity index (χ0v) is 18.8. The fourth-order valence-electron chi connectivity index (χ4n) is 4.77. The molecule has 4 heteroatoms. The number of fused-ring (bicyclic) bond motifs is 1. The lowest BCUT2D eigenvalue weighted by atomic mass is 9.84. The molecule has 3 aromatic carbocycles. The molecule has 32 heavy (non-hydrogen) atoms. The fraction of sp³-hybridized carbons (Fsp3) is 0.321. The molecule has 1 aromatic heterocycles. The molecule has 0 aliphatic heterocycles. The predicted octanol–water partition coefficient (Wildman–Crippen LogP) is 6.75. The quantitative estimate of drug-likeness (QED) is 0.356. The Hall–Kier alpha value is -3.27. The summed E-state index contributed by atoms with van der Waals surface area (Å²) >= 11 is 0. The third-order valence-corrected chi connectivity index (χ3v) is 6.69. The number of ether oxygens (including phenoxy) is 1. The first-order valence-electron chi connectivity index (χ1n) is 11.7. The number of anilines is 1. The number of rotatable bonds is 7.